The second kappa shape index (κ2) is 8.77. The average molecular weight is 287 g/mol. The molecule has 5 heteroatoms. The summed E-state index contributed by atoms with van der Waals surface area (Å²) >= 11 is 0. The van der Waals surface area contributed by atoms with Crippen molar-refractivity contribution >= 4 is 11.6 Å². The van der Waals surface area contributed by atoms with Gasteiger partial charge in [-0.15, -0.1) is 0 Å². The van der Waals surface area contributed by atoms with Gasteiger partial charge >= 0.3 is 0 Å². The molecular formula is C16H21N3O2. The number of nitrogens with one attached hydrogen (secondary N) is 2. The second-order valence-corrected chi connectivity index (χ2v) is 4.66. The van der Waals surface area contributed by atoms with E-state index in [-0.39, 0.29) is 11.5 Å². The van der Waals surface area contributed by atoms with E-state index in [1.54, 1.807) is 7.11 Å². The Kier molecular flexibility index (Phi) is 6.99. The van der Waals surface area contributed by atoms with Crippen LogP contribution >= 0.6 is 0 Å². The van der Waals surface area contributed by atoms with Crippen LogP contribution in [-0.4, -0.2) is 26.2 Å². The molecule has 0 aliphatic carbocycles. The lowest BCUT2D eigenvalue weighted by Crippen LogP contribution is -2.26. The van der Waals surface area contributed by atoms with Gasteiger partial charge in [-0.3, -0.25) is 4.79 Å². The van der Waals surface area contributed by atoms with E-state index in [0.29, 0.717) is 19.6 Å². The first-order chi connectivity index (χ1) is 10.1. The number of methoxy groups -OCH3 is 1. The molecule has 0 unspecified atom stereocenters. The van der Waals surface area contributed by atoms with Gasteiger partial charge in [-0.1, -0.05) is 12.1 Å². The molecular weight excluding hydrogens is 266 g/mol. The van der Waals surface area contributed by atoms with Crippen molar-refractivity contribution in [1.29, 1.82) is 5.26 Å². The third kappa shape index (κ3) is 5.28. The van der Waals surface area contributed by atoms with Crippen molar-refractivity contribution in [3.8, 4) is 6.07 Å². The van der Waals surface area contributed by atoms with E-state index >= 15 is 0 Å². The van der Waals surface area contributed by atoms with Crippen LogP contribution < -0.4 is 10.6 Å². The lowest BCUT2D eigenvalue weighted by molar-refractivity contribution is -0.117. The summed E-state index contributed by atoms with van der Waals surface area (Å²) in [6.07, 6.45) is 2.15. The number of carbonyl (C=O) groups is 1. The molecule has 1 aromatic rings. The normalized spacial score (nSPS) is 10.9. The van der Waals surface area contributed by atoms with Gasteiger partial charge in [0.15, 0.2) is 0 Å². The molecule has 0 spiro atoms. The van der Waals surface area contributed by atoms with Crippen LogP contribution in [0.25, 0.3) is 0 Å². The van der Waals surface area contributed by atoms with E-state index in [9.17, 15) is 4.79 Å². The largest absolute Gasteiger partial charge is 0.385 e. The van der Waals surface area contributed by atoms with E-state index < -0.39 is 0 Å². The molecule has 1 rings (SSSR count). The van der Waals surface area contributed by atoms with Crippen LogP contribution in [0.15, 0.2) is 30.0 Å². The summed E-state index contributed by atoms with van der Waals surface area (Å²) < 4.78 is 4.90. The van der Waals surface area contributed by atoms with Gasteiger partial charge in [-0.2, -0.15) is 5.26 Å². The minimum atomic E-state index is -0.383. The van der Waals surface area contributed by atoms with E-state index in [1.165, 1.54) is 6.20 Å². The molecule has 2 N–H and O–H groups in total. The van der Waals surface area contributed by atoms with Crippen molar-refractivity contribution < 1.29 is 9.53 Å². The summed E-state index contributed by atoms with van der Waals surface area (Å²) in [6, 6.07) is 7.75. The van der Waals surface area contributed by atoms with Gasteiger partial charge in [0.2, 0.25) is 0 Å². The fourth-order valence-electron chi connectivity index (χ4n) is 1.72. The van der Waals surface area contributed by atoms with Crippen LogP contribution in [0.3, 0.4) is 0 Å². The van der Waals surface area contributed by atoms with Crippen LogP contribution in [-0.2, 0) is 9.53 Å². The standard InChI is InChI=1S/C16H21N3O2/c1-12-6-4-7-15(13(12)2)19-11-14(10-17)16(20)18-8-5-9-21-3/h4,6-7,11,19H,5,8-9H2,1-3H3,(H,18,20)/b14-11-. The zero-order valence-electron chi connectivity index (χ0n) is 12.7. The monoisotopic (exact) mass is 287 g/mol. The maximum atomic E-state index is 11.8. The molecule has 0 aliphatic heterocycles. The summed E-state index contributed by atoms with van der Waals surface area (Å²) in [5.41, 5.74) is 3.17. The number of hydrogen-bond acceptors (Lipinski definition) is 4. The molecule has 0 fully saturated rings. The third-order valence-corrected chi connectivity index (χ3v) is 3.15. The van der Waals surface area contributed by atoms with Crippen molar-refractivity contribution in [3.63, 3.8) is 0 Å². The first-order valence-corrected chi connectivity index (χ1v) is 6.80. The number of carbonyl (C=O) groups excluding carboxylic acids is 1. The molecule has 0 bridgehead atoms. The highest BCUT2D eigenvalue weighted by molar-refractivity contribution is 5.97. The molecule has 0 saturated heterocycles. The number of hydrogen-bond donors (Lipinski definition) is 2. The number of anilines is 1. The topological polar surface area (TPSA) is 74.1 Å². The number of amides is 1. The minimum absolute atomic E-state index is 0.0494. The third-order valence-electron chi connectivity index (χ3n) is 3.15. The van der Waals surface area contributed by atoms with Gasteiger partial charge in [0.05, 0.1) is 0 Å². The smallest absolute Gasteiger partial charge is 0.263 e. The molecule has 0 heterocycles. The van der Waals surface area contributed by atoms with Crippen LogP contribution in [0, 0.1) is 25.2 Å². The molecule has 1 amide bonds. The highest BCUT2D eigenvalue weighted by Crippen LogP contribution is 2.18. The fraction of sp³-hybridized carbons (Fsp3) is 0.375. The lowest BCUT2D eigenvalue weighted by Gasteiger charge is -2.09. The van der Waals surface area contributed by atoms with Crippen molar-refractivity contribution in [2.45, 2.75) is 20.3 Å². The van der Waals surface area contributed by atoms with Crippen LogP contribution in [0.1, 0.15) is 17.5 Å². The van der Waals surface area contributed by atoms with E-state index in [2.05, 4.69) is 10.6 Å². The lowest BCUT2D eigenvalue weighted by atomic mass is 10.1. The molecule has 21 heavy (non-hydrogen) atoms. The zero-order chi connectivity index (χ0) is 15.7. The predicted molar refractivity (Wildman–Crippen MR) is 82.7 cm³/mol. The Labute approximate surface area is 125 Å². The summed E-state index contributed by atoms with van der Waals surface area (Å²) in [7, 11) is 1.61. The first kappa shape index (κ1) is 16.7. The highest BCUT2D eigenvalue weighted by Gasteiger charge is 2.08. The Hall–Kier alpha value is -2.32. The van der Waals surface area contributed by atoms with Gasteiger partial charge in [0.1, 0.15) is 11.6 Å². The average Bonchev–Trinajstić information content (AvgIpc) is 2.48. The van der Waals surface area contributed by atoms with Crippen molar-refractivity contribution in [2.24, 2.45) is 0 Å². The van der Waals surface area contributed by atoms with Crippen molar-refractivity contribution in [2.75, 3.05) is 25.6 Å². The maximum Gasteiger partial charge on any atom is 0.263 e. The summed E-state index contributed by atoms with van der Waals surface area (Å²) in [6.45, 7) is 5.06. The molecule has 1 aromatic carbocycles. The number of nitriles is 1. The number of benzene rings is 1. The molecule has 0 atom stereocenters. The molecule has 0 saturated carbocycles. The zero-order valence-corrected chi connectivity index (χ0v) is 12.7. The number of rotatable bonds is 7. The van der Waals surface area contributed by atoms with Gasteiger partial charge < -0.3 is 15.4 Å². The summed E-state index contributed by atoms with van der Waals surface area (Å²) in [5.74, 6) is -0.383. The van der Waals surface area contributed by atoms with Crippen LogP contribution in [0.4, 0.5) is 5.69 Å². The SMILES string of the molecule is COCCCNC(=O)/C(C#N)=C\Nc1cccc(C)c1C. The van der Waals surface area contributed by atoms with Gasteiger partial charge in [-0.05, 0) is 37.5 Å². The molecule has 0 aliphatic rings. The number of ether oxygens (including phenoxy) is 1. The number of aryl methyl sites for hydroxylation is 1. The summed E-state index contributed by atoms with van der Waals surface area (Å²) in [4.78, 5) is 11.8. The van der Waals surface area contributed by atoms with Crippen LogP contribution in [0.5, 0.6) is 0 Å². The van der Waals surface area contributed by atoms with E-state index in [1.807, 2.05) is 38.1 Å². The predicted octanol–water partition coefficient (Wildman–Crippen LogP) is 2.28. The van der Waals surface area contributed by atoms with Gasteiger partial charge in [-0.25, -0.2) is 0 Å². The molecule has 5 nitrogen and oxygen atoms in total. The fourth-order valence-corrected chi connectivity index (χ4v) is 1.72. The quantitative estimate of drug-likeness (QED) is 0.458. The Bertz CT molecular complexity index is 559. The molecule has 112 valence electrons. The van der Waals surface area contributed by atoms with Gasteiger partial charge in [0.25, 0.3) is 5.91 Å². The van der Waals surface area contributed by atoms with E-state index in [4.69, 9.17) is 10.00 Å². The molecule has 0 radical (unpaired) electrons. The van der Waals surface area contributed by atoms with Crippen LogP contribution in [0.2, 0.25) is 0 Å². The second-order valence-electron chi connectivity index (χ2n) is 4.66. The number of nitrogens with zero attached hydrogens (tertiary/aromatic N) is 1. The minimum Gasteiger partial charge on any atom is -0.385 e. The Morgan fingerprint density at radius 3 is 2.86 bits per heavy atom. The highest BCUT2D eigenvalue weighted by atomic mass is 16.5. The molecule has 0 aromatic heterocycles. The van der Waals surface area contributed by atoms with Gasteiger partial charge in [0, 0.05) is 32.1 Å². The maximum absolute atomic E-state index is 11.8. The van der Waals surface area contributed by atoms with Crippen molar-refractivity contribution in [1.82, 2.24) is 5.32 Å². The Morgan fingerprint density at radius 2 is 2.19 bits per heavy atom. The first-order valence-electron chi connectivity index (χ1n) is 6.80. The Balaban J connectivity index is 2.65. The van der Waals surface area contributed by atoms with Crippen molar-refractivity contribution in [3.05, 3.63) is 41.1 Å². The summed E-state index contributed by atoms with van der Waals surface area (Å²) in [5, 5.41) is 14.8. The Morgan fingerprint density at radius 1 is 1.43 bits per heavy atom. The van der Waals surface area contributed by atoms with E-state index in [0.717, 1.165) is 16.8 Å².